The van der Waals surface area contributed by atoms with Gasteiger partial charge in [-0.15, -0.1) is 0 Å². The minimum Gasteiger partial charge on any atom is -0.480 e. The quantitative estimate of drug-likeness (QED) is 0.863. The number of likely N-dealkylation sites (N-methyl/N-ethyl adjacent to an activating group) is 1. The standard InChI is InChI=1S/C13H16N2O4/c1-15(8-12(16)17)13(18)9-5-6-14-11(7-9)19-10-3-2-4-10/h5-7,10H,2-4,8H2,1H3,(H,16,17). The number of hydrogen-bond donors (Lipinski definition) is 1. The maximum atomic E-state index is 12.0. The Morgan fingerprint density at radius 3 is 2.84 bits per heavy atom. The summed E-state index contributed by atoms with van der Waals surface area (Å²) in [5.74, 6) is -0.988. The first-order valence-electron chi connectivity index (χ1n) is 6.16. The number of pyridine rings is 1. The summed E-state index contributed by atoms with van der Waals surface area (Å²) in [7, 11) is 1.45. The number of carboxylic acid groups (broad SMARTS) is 1. The van der Waals surface area contributed by atoms with Gasteiger partial charge in [0.25, 0.3) is 5.91 Å². The van der Waals surface area contributed by atoms with E-state index < -0.39 is 5.97 Å². The normalized spacial score (nSPS) is 14.6. The van der Waals surface area contributed by atoms with Crippen molar-refractivity contribution in [1.29, 1.82) is 0 Å². The minimum absolute atomic E-state index is 0.189. The highest BCUT2D eigenvalue weighted by Crippen LogP contribution is 2.24. The van der Waals surface area contributed by atoms with Gasteiger partial charge in [-0.2, -0.15) is 0 Å². The molecule has 0 atom stereocenters. The Hall–Kier alpha value is -2.11. The van der Waals surface area contributed by atoms with E-state index in [9.17, 15) is 9.59 Å². The Morgan fingerprint density at radius 2 is 2.26 bits per heavy atom. The molecule has 0 aliphatic heterocycles. The van der Waals surface area contributed by atoms with Crippen LogP contribution < -0.4 is 4.74 Å². The molecule has 1 fully saturated rings. The van der Waals surface area contributed by atoms with Crippen LogP contribution in [0.15, 0.2) is 18.3 Å². The molecule has 6 nitrogen and oxygen atoms in total. The zero-order valence-electron chi connectivity index (χ0n) is 10.7. The molecule has 1 aromatic heterocycles. The lowest BCUT2D eigenvalue weighted by Gasteiger charge is -2.25. The molecule has 102 valence electrons. The number of amides is 1. The molecule has 0 radical (unpaired) electrons. The summed E-state index contributed by atoms with van der Waals surface area (Å²) in [5.41, 5.74) is 0.382. The highest BCUT2D eigenvalue weighted by atomic mass is 16.5. The van der Waals surface area contributed by atoms with E-state index in [2.05, 4.69) is 4.98 Å². The number of rotatable bonds is 5. The number of nitrogens with zero attached hydrogens (tertiary/aromatic N) is 2. The van der Waals surface area contributed by atoms with Gasteiger partial charge in [-0.05, 0) is 25.3 Å². The fourth-order valence-corrected chi connectivity index (χ4v) is 1.76. The lowest BCUT2D eigenvalue weighted by molar-refractivity contribution is -0.137. The number of carboxylic acids is 1. The van der Waals surface area contributed by atoms with Gasteiger partial charge in [-0.3, -0.25) is 9.59 Å². The molecular formula is C13H16N2O4. The molecule has 6 heteroatoms. The predicted octanol–water partition coefficient (Wildman–Crippen LogP) is 1.17. The average molecular weight is 264 g/mol. The van der Waals surface area contributed by atoms with Crippen molar-refractivity contribution < 1.29 is 19.4 Å². The zero-order valence-corrected chi connectivity index (χ0v) is 10.7. The molecule has 1 N–H and O–H groups in total. The molecule has 1 saturated carbocycles. The van der Waals surface area contributed by atoms with E-state index in [1.54, 1.807) is 12.1 Å². The second-order valence-corrected chi connectivity index (χ2v) is 4.61. The average Bonchev–Trinajstić information content (AvgIpc) is 2.32. The molecule has 1 amide bonds. The topological polar surface area (TPSA) is 79.7 Å². The third-order valence-corrected chi connectivity index (χ3v) is 3.04. The molecule has 0 unspecified atom stereocenters. The van der Waals surface area contributed by atoms with Crippen LogP contribution in [0, 0.1) is 0 Å². The first kappa shape index (κ1) is 13.3. The maximum absolute atomic E-state index is 12.0. The van der Waals surface area contributed by atoms with Gasteiger partial charge in [0, 0.05) is 24.9 Å². The minimum atomic E-state index is -1.05. The number of carbonyl (C=O) groups is 2. The van der Waals surface area contributed by atoms with E-state index in [0.29, 0.717) is 11.4 Å². The number of aliphatic carboxylic acids is 1. The highest BCUT2D eigenvalue weighted by molar-refractivity contribution is 5.95. The Kier molecular flexibility index (Phi) is 3.99. The van der Waals surface area contributed by atoms with Crippen LogP contribution in [0.25, 0.3) is 0 Å². The van der Waals surface area contributed by atoms with Crippen molar-refractivity contribution in [2.75, 3.05) is 13.6 Å². The van der Waals surface area contributed by atoms with Gasteiger partial charge < -0.3 is 14.7 Å². The number of hydrogen-bond acceptors (Lipinski definition) is 4. The fraction of sp³-hybridized carbons (Fsp3) is 0.462. The van der Waals surface area contributed by atoms with E-state index in [1.165, 1.54) is 13.2 Å². The van der Waals surface area contributed by atoms with Crippen LogP contribution in [0.5, 0.6) is 5.88 Å². The molecule has 1 aliphatic rings. The van der Waals surface area contributed by atoms with E-state index >= 15 is 0 Å². The van der Waals surface area contributed by atoms with E-state index in [1.807, 2.05) is 0 Å². The molecule has 1 heterocycles. The summed E-state index contributed by atoms with van der Waals surface area (Å²) in [5, 5.41) is 8.66. The summed E-state index contributed by atoms with van der Waals surface area (Å²) >= 11 is 0. The van der Waals surface area contributed by atoms with Crippen molar-refractivity contribution in [1.82, 2.24) is 9.88 Å². The number of carbonyl (C=O) groups excluding carboxylic acids is 1. The first-order chi connectivity index (χ1) is 9.06. The van der Waals surface area contributed by atoms with Crippen LogP contribution in [-0.2, 0) is 4.79 Å². The summed E-state index contributed by atoms with van der Waals surface area (Å²) in [4.78, 5) is 27.8. The lowest BCUT2D eigenvalue weighted by atomic mass is 9.96. The fourth-order valence-electron chi connectivity index (χ4n) is 1.76. The van der Waals surface area contributed by atoms with Crippen molar-refractivity contribution in [3.63, 3.8) is 0 Å². The van der Waals surface area contributed by atoms with Crippen LogP contribution in [0.4, 0.5) is 0 Å². The van der Waals surface area contributed by atoms with Crippen molar-refractivity contribution in [2.24, 2.45) is 0 Å². The second-order valence-electron chi connectivity index (χ2n) is 4.61. The second kappa shape index (κ2) is 5.69. The molecule has 1 aliphatic carbocycles. The largest absolute Gasteiger partial charge is 0.480 e. The van der Waals surface area contributed by atoms with Gasteiger partial charge in [0.1, 0.15) is 12.6 Å². The number of aromatic nitrogens is 1. The molecule has 0 spiro atoms. The molecule has 0 bridgehead atoms. The van der Waals surface area contributed by atoms with Crippen LogP contribution in [0.1, 0.15) is 29.6 Å². The van der Waals surface area contributed by atoms with Crippen LogP contribution in [0.2, 0.25) is 0 Å². The van der Waals surface area contributed by atoms with E-state index in [4.69, 9.17) is 9.84 Å². The Labute approximate surface area is 111 Å². The third kappa shape index (κ3) is 3.43. The van der Waals surface area contributed by atoms with Crippen molar-refractivity contribution in [2.45, 2.75) is 25.4 Å². The lowest BCUT2D eigenvalue weighted by Crippen LogP contribution is -2.32. The summed E-state index contributed by atoms with van der Waals surface area (Å²) in [6, 6.07) is 3.10. The van der Waals surface area contributed by atoms with Gasteiger partial charge in [-0.1, -0.05) is 0 Å². The monoisotopic (exact) mass is 264 g/mol. The van der Waals surface area contributed by atoms with Gasteiger partial charge >= 0.3 is 5.97 Å². The van der Waals surface area contributed by atoms with Crippen LogP contribution in [-0.4, -0.2) is 46.6 Å². The first-order valence-corrected chi connectivity index (χ1v) is 6.16. The van der Waals surface area contributed by atoms with Crippen molar-refractivity contribution >= 4 is 11.9 Å². The van der Waals surface area contributed by atoms with Crippen molar-refractivity contribution in [3.8, 4) is 5.88 Å². The highest BCUT2D eigenvalue weighted by Gasteiger charge is 2.20. The predicted molar refractivity (Wildman–Crippen MR) is 67.1 cm³/mol. The summed E-state index contributed by atoms with van der Waals surface area (Å²) < 4.78 is 5.60. The smallest absolute Gasteiger partial charge is 0.323 e. The van der Waals surface area contributed by atoms with Gasteiger partial charge in [0.15, 0.2) is 0 Å². The Balaban J connectivity index is 2.04. The Morgan fingerprint density at radius 1 is 1.53 bits per heavy atom. The molecular weight excluding hydrogens is 248 g/mol. The number of ether oxygens (including phenoxy) is 1. The maximum Gasteiger partial charge on any atom is 0.323 e. The van der Waals surface area contributed by atoms with E-state index in [-0.39, 0.29) is 18.6 Å². The summed E-state index contributed by atoms with van der Waals surface area (Å²) in [6.45, 7) is -0.333. The van der Waals surface area contributed by atoms with Gasteiger partial charge in [0.2, 0.25) is 5.88 Å². The zero-order chi connectivity index (χ0) is 13.8. The SMILES string of the molecule is CN(CC(=O)O)C(=O)c1ccnc(OC2CCC2)c1. The third-order valence-electron chi connectivity index (χ3n) is 3.04. The Bertz CT molecular complexity index is 485. The molecule has 0 saturated heterocycles. The van der Waals surface area contributed by atoms with Gasteiger partial charge in [0.05, 0.1) is 0 Å². The summed E-state index contributed by atoms with van der Waals surface area (Å²) in [6.07, 6.45) is 4.87. The van der Waals surface area contributed by atoms with Crippen LogP contribution in [0.3, 0.4) is 0 Å². The van der Waals surface area contributed by atoms with Crippen molar-refractivity contribution in [3.05, 3.63) is 23.9 Å². The van der Waals surface area contributed by atoms with E-state index in [0.717, 1.165) is 24.2 Å². The molecule has 19 heavy (non-hydrogen) atoms. The molecule has 1 aromatic rings. The van der Waals surface area contributed by atoms with Crippen LogP contribution >= 0.6 is 0 Å². The molecule has 2 rings (SSSR count). The molecule has 0 aromatic carbocycles. The van der Waals surface area contributed by atoms with Gasteiger partial charge in [-0.25, -0.2) is 4.98 Å².